The molecule has 0 radical (unpaired) electrons. The minimum absolute atomic E-state index is 0.232. The summed E-state index contributed by atoms with van der Waals surface area (Å²) in [7, 11) is 0. The standard InChI is InChI=1S/C13H17F4NO/c1-3-7(2)12(19)11(18)8-5-4-6-9(10(8)14)13(15,16)17/h4-7,11-12,19H,3,18H2,1-2H3/t7?,11-,12+/m0/s1. The Labute approximate surface area is 109 Å². The maximum Gasteiger partial charge on any atom is 0.419 e. The first kappa shape index (κ1) is 15.9. The lowest BCUT2D eigenvalue weighted by molar-refractivity contribution is -0.140. The van der Waals surface area contributed by atoms with Gasteiger partial charge >= 0.3 is 6.18 Å². The Morgan fingerprint density at radius 1 is 1.32 bits per heavy atom. The van der Waals surface area contributed by atoms with Crippen LogP contribution in [0.1, 0.15) is 37.4 Å². The maximum absolute atomic E-state index is 13.8. The van der Waals surface area contributed by atoms with Crippen molar-refractivity contribution in [2.24, 2.45) is 11.7 Å². The minimum atomic E-state index is -4.78. The summed E-state index contributed by atoms with van der Waals surface area (Å²) in [4.78, 5) is 0. The summed E-state index contributed by atoms with van der Waals surface area (Å²) in [6.45, 7) is 3.51. The van der Waals surface area contributed by atoms with Gasteiger partial charge in [-0.15, -0.1) is 0 Å². The number of rotatable bonds is 4. The van der Waals surface area contributed by atoms with Gasteiger partial charge in [0.15, 0.2) is 0 Å². The summed E-state index contributed by atoms with van der Waals surface area (Å²) in [5.74, 6) is -1.64. The zero-order valence-corrected chi connectivity index (χ0v) is 10.7. The molecule has 19 heavy (non-hydrogen) atoms. The summed E-state index contributed by atoms with van der Waals surface area (Å²) < 4.78 is 51.6. The van der Waals surface area contributed by atoms with Crippen molar-refractivity contribution in [3.8, 4) is 0 Å². The molecule has 0 heterocycles. The van der Waals surface area contributed by atoms with Gasteiger partial charge in [0.2, 0.25) is 0 Å². The number of nitrogens with two attached hydrogens (primary N) is 1. The summed E-state index contributed by atoms with van der Waals surface area (Å²) in [6, 6.07) is 1.73. The van der Waals surface area contributed by atoms with Crippen molar-refractivity contribution in [2.75, 3.05) is 0 Å². The molecule has 0 saturated carbocycles. The van der Waals surface area contributed by atoms with E-state index in [-0.39, 0.29) is 11.5 Å². The predicted molar refractivity (Wildman–Crippen MR) is 63.8 cm³/mol. The van der Waals surface area contributed by atoms with Crippen LogP contribution >= 0.6 is 0 Å². The maximum atomic E-state index is 13.8. The van der Waals surface area contributed by atoms with E-state index in [0.29, 0.717) is 12.5 Å². The van der Waals surface area contributed by atoms with Crippen LogP contribution in [-0.2, 0) is 6.18 Å². The smallest absolute Gasteiger partial charge is 0.391 e. The van der Waals surface area contributed by atoms with Crippen LogP contribution in [0.2, 0.25) is 0 Å². The Balaban J connectivity index is 3.15. The highest BCUT2D eigenvalue weighted by molar-refractivity contribution is 5.30. The molecule has 0 aliphatic heterocycles. The Bertz CT molecular complexity index is 433. The number of benzene rings is 1. The van der Waals surface area contributed by atoms with Crippen LogP contribution in [0.15, 0.2) is 18.2 Å². The van der Waals surface area contributed by atoms with Crippen molar-refractivity contribution in [3.63, 3.8) is 0 Å². The summed E-state index contributed by atoms with van der Waals surface area (Å²) >= 11 is 0. The van der Waals surface area contributed by atoms with Crippen LogP contribution in [0.3, 0.4) is 0 Å². The zero-order valence-electron chi connectivity index (χ0n) is 10.7. The fourth-order valence-corrected chi connectivity index (χ4v) is 1.81. The Morgan fingerprint density at radius 2 is 1.89 bits per heavy atom. The first-order valence-electron chi connectivity index (χ1n) is 5.99. The van der Waals surface area contributed by atoms with Crippen molar-refractivity contribution in [1.82, 2.24) is 0 Å². The molecule has 0 saturated heterocycles. The highest BCUT2D eigenvalue weighted by atomic mass is 19.4. The summed E-state index contributed by atoms with van der Waals surface area (Å²) in [5, 5.41) is 9.88. The third-order valence-electron chi connectivity index (χ3n) is 3.29. The normalized spacial score (nSPS) is 17.1. The van der Waals surface area contributed by atoms with E-state index in [1.165, 1.54) is 6.07 Å². The van der Waals surface area contributed by atoms with Gasteiger partial charge in [0.05, 0.1) is 17.7 Å². The van der Waals surface area contributed by atoms with Gasteiger partial charge in [-0.05, 0) is 12.0 Å². The topological polar surface area (TPSA) is 46.2 Å². The number of halogens is 4. The molecule has 1 rings (SSSR count). The number of aliphatic hydroxyl groups is 1. The van der Waals surface area contributed by atoms with Crippen LogP contribution in [-0.4, -0.2) is 11.2 Å². The van der Waals surface area contributed by atoms with Gasteiger partial charge in [-0.2, -0.15) is 13.2 Å². The fourth-order valence-electron chi connectivity index (χ4n) is 1.81. The molecular weight excluding hydrogens is 262 g/mol. The Kier molecular flexibility index (Phi) is 4.92. The van der Waals surface area contributed by atoms with Crippen LogP contribution in [0.4, 0.5) is 17.6 Å². The van der Waals surface area contributed by atoms with Gasteiger partial charge in [0, 0.05) is 5.56 Å². The lowest BCUT2D eigenvalue weighted by Crippen LogP contribution is -2.32. The first-order chi connectivity index (χ1) is 8.70. The molecule has 1 aromatic carbocycles. The highest BCUT2D eigenvalue weighted by Gasteiger charge is 2.36. The van der Waals surface area contributed by atoms with E-state index in [4.69, 9.17) is 5.73 Å². The van der Waals surface area contributed by atoms with Crippen molar-refractivity contribution in [1.29, 1.82) is 0 Å². The molecule has 0 aromatic heterocycles. The largest absolute Gasteiger partial charge is 0.419 e. The number of aliphatic hydroxyl groups excluding tert-OH is 1. The molecule has 0 aliphatic rings. The second-order valence-electron chi connectivity index (χ2n) is 4.61. The molecule has 1 aromatic rings. The molecule has 0 bridgehead atoms. The third kappa shape index (κ3) is 3.45. The average molecular weight is 279 g/mol. The molecule has 0 fully saturated rings. The van der Waals surface area contributed by atoms with E-state index >= 15 is 0 Å². The van der Waals surface area contributed by atoms with Crippen LogP contribution in [0.5, 0.6) is 0 Å². The van der Waals surface area contributed by atoms with E-state index in [9.17, 15) is 22.7 Å². The molecule has 2 nitrogen and oxygen atoms in total. The van der Waals surface area contributed by atoms with Gasteiger partial charge in [0.1, 0.15) is 5.82 Å². The van der Waals surface area contributed by atoms with Gasteiger partial charge in [-0.3, -0.25) is 0 Å². The molecule has 3 N–H and O–H groups in total. The average Bonchev–Trinajstić information content (AvgIpc) is 2.35. The quantitative estimate of drug-likeness (QED) is 0.831. The van der Waals surface area contributed by atoms with Crippen LogP contribution in [0, 0.1) is 11.7 Å². The summed E-state index contributed by atoms with van der Waals surface area (Å²) in [6.07, 6.45) is -5.28. The van der Waals surface area contributed by atoms with Crippen LogP contribution in [0.25, 0.3) is 0 Å². The molecule has 0 amide bonds. The molecule has 0 spiro atoms. The predicted octanol–water partition coefficient (Wildman–Crippen LogP) is 3.25. The molecule has 108 valence electrons. The van der Waals surface area contributed by atoms with Gasteiger partial charge < -0.3 is 10.8 Å². The number of alkyl halides is 3. The van der Waals surface area contributed by atoms with E-state index in [1.54, 1.807) is 6.92 Å². The van der Waals surface area contributed by atoms with E-state index in [1.807, 2.05) is 6.92 Å². The third-order valence-corrected chi connectivity index (χ3v) is 3.29. The zero-order chi connectivity index (χ0) is 14.8. The first-order valence-corrected chi connectivity index (χ1v) is 5.99. The van der Waals surface area contributed by atoms with Crippen molar-refractivity contribution >= 4 is 0 Å². The van der Waals surface area contributed by atoms with E-state index < -0.39 is 29.7 Å². The number of hydrogen-bond donors (Lipinski definition) is 2. The van der Waals surface area contributed by atoms with Gasteiger partial charge in [-0.1, -0.05) is 32.4 Å². The molecule has 0 aliphatic carbocycles. The fraction of sp³-hybridized carbons (Fsp3) is 0.538. The Morgan fingerprint density at radius 3 is 2.37 bits per heavy atom. The van der Waals surface area contributed by atoms with Gasteiger partial charge in [-0.25, -0.2) is 4.39 Å². The number of hydrogen-bond acceptors (Lipinski definition) is 2. The molecule has 1 unspecified atom stereocenters. The second-order valence-corrected chi connectivity index (χ2v) is 4.61. The monoisotopic (exact) mass is 279 g/mol. The van der Waals surface area contributed by atoms with Crippen molar-refractivity contribution in [3.05, 3.63) is 35.1 Å². The lowest BCUT2D eigenvalue weighted by atomic mass is 9.90. The van der Waals surface area contributed by atoms with E-state index in [2.05, 4.69) is 0 Å². The van der Waals surface area contributed by atoms with E-state index in [0.717, 1.165) is 6.07 Å². The van der Waals surface area contributed by atoms with Gasteiger partial charge in [0.25, 0.3) is 0 Å². The Hall–Kier alpha value is -1.14. The molecule has 3 atom stereocenters. The molecule has 6 heteroatoms. The highest BCUT2D eigenvalue weighted by Crippen LogP contribution is 2.34. The second kappa shape index (κ2) is 5.88. The summed E-state index contributed by atoms with van der Waals surface area (Å²) in [5.41, 5.74) is 3.99. The molecular formula is C13H17F4NO. The van der Waals surface area contributed by atoms with Crippen molar-refractivity contribution in [2.45, 2.75) is 38.6 Å². The van der Waals surface area contributed by atoms with Crippen LogP contribution < -0.4 is 5.73 Å². The minimum Gasteiger partial charge on any atom is -0.391 e. The lowest BCUT2D eigenvalue weighted by Gasteiger charge is -2.25. The SMILES string of the molecule is CCC(C)[C@@H](O)[C@@H](N)c1cccc(C(F)(F)F)c1F. The van der Waals surface area contributed by atoms with Crippen molar-refractivity contribution < 1.29 is 22.7 Å².